The number of aromatic nitrogens is 2. The molecule has 124 valence electrons. The zero-order chi connectivity index (χ0) is 17.3. The molecule has 1 aromatic rings. The van der Waals surface area contributed by atoms with Crippen molar-refractivity contribution >= 4 is 10.0 Å². The second-order valence-electron chi connectivity index (χ2n) is 4.45. The lowest BCUT2D eigenvalue weighted by Crippen LogP contribution is -2.45. The average molecular weight is 341 g/mol. The van der Waals surface area contributed by atoms with Gasteiger partial charge >= 0.3 is 11.9 Å². The predicted octanol–water partition coefficient (Wildman–Crippen LogP) is -0.177. The van der Waals surface area contributed by atoms with Gasteiger partial charge in [0, 0.05) is 26.8 Å². The van der Waals surface area contributed by atoms with Gasteiger partial charge in [0.1, 0.15) is 6.54 Å². The molecule has 0 N–H and O–H groups in total. The number of hydrogen-bond acceptors (Lipinski definition) is 4. The molecule has 0 radical (unpaired) electrons. The fraction of sp³-hybridized carbons (Fsp3) is 0.455. The minimum atomic E-state index is -4.79. The molecule has 1 aromatic heterocycles. The average Bonchev–Trinajstić information content (AvgIpc) is 2.38. The van der Waals surface area contributed by atoms with Gasteiger partial charge in [-0.3, -0.25) is 9.36 Å². The van der Waals surface area contributed by atoms with Gasteiger partial charge in [-0.1, -0.05) is 6.08 Å². The summed E-state index contributed by atoms with van der Waals surface area (Å²) in [4.78, 5) is 22.5. The lowest BCUT2D eigenvalue weighted by Gasteiger charge is -2.22. The summed E-state index contributed by atoms with van der Waals surface area (Å²) in [5.41, 5.74) is -1.99. The first-order valence-electron chi connectivity index (χ1n) is 5.86. The summed E-state index contributed by atoms with van der Waals surface area (Å²) in [5.74, 6) is 0. The molecule has 0 saturated heterocycles. The molecule has 0 saturated carbocycles. The van der Waals surface area contributed by atoms with Crippen LogP contribution in [0.15, 0.2) is 33.3 Å². The number of aryl methyl sites for hydroxylation is 1. The Labute approximate surface area is 123 Å². The molecule has 7 nitrogen and oxygen atoms in total. The Hall–Kier alpha value is -1.88. The number of hydrogen-bond donors (Lipinski definition) is 0. The largest absolute Gasteiger partial charge is 0.402 e. The second kappa shape index (κ2) is 6.08. The van der Waals surface area contributed by atoms with Gasteiger partial charge < -0.3 is 4.57 Å². The fourth-order valence-electron chi connectivity index (χ4n) is 1.68. The maximum absolute atomic E-state index is 12.5. The van der Waals surface area contributed by atoms with Crippen molar-refractivity contribution in [2.24, 2.45) is 14.1 Å². The van der Waals surface area contributed by atoms with Crippen molar-refractivity contribution in [1.82, 2.24) is 13.4 Å². The van der Waals surface area contributed by atoms with Crippen molar-refractivity contribution in [1.29, 1.82) is 0 Å². The zero-order valence-corrected chi connectivity index (χ0v) is 12.6. The molecule has 0 spiro atoms. The first-order chi connectivity index (χ1) is 9.91. The first kappa shape index (κ1) is 18.2. The summed E-state index contributed by atoms with van der Waals surface area (Å²) >= 11 is 0. The van der Waals surface area contributed by atoms with Crippen LogP contribution in [0.25, 0.3) is 0 Å². The van der Waals surface area contributed by atoms with Gasteiger partial charge in [0.05, 0.1) is 0 Å². The van der Waals surface area contributed by atoms with Crippen LogP contribution in [-0.4, -0.2) is 41.1 Å². The summed E-state index contributed by atoms with van der Waals surface area (Å²) in [7, 11) is -2.52. The molecule has 0 bridgehead atoms. The van der Waals surface area contributed by atoms with Gasteiger partial charge in [-0.15, -0.1) is 6.58 Å². The monoisotopic (exact) mass is 341 g/mol. The molecule has 0 atom stereocenters. The Morgan fingerprint density at radius 3 is 2.32 bits per heavy atom. The van der Waals surface area contributed by atoms with Gasteiger partial charge in [0.15, 0.2) is 4.90 Å². The van der Waals surface area contributed by atoms with Crippen LogP contribution >= 0.6 is 0 Å². The molecular weight excluding hydrogens is 327 g/mol. The second-order valence-corrected chi connectivity index (χ2v) is 6.36. The normalized spacial score (nSPS) is 12.6. The number of alkyl halides is 3. The van der Waals surface area contributed by atoms with Gasteiger partial charge in [0.25, 0.3) is 15.6 Å². The molecule has 0 unspecified atom stereocenters. The maximum Gasteiger partial charge on any atom is 0.402 e. The molecule has 0 aliphatic carbocycles. The van der Waals surface area contributed by atoms with Crippen LogP contribution < -0.4 is 11.2 Å². The van der Waals surface area contributed by atoms with Gasteiger partial charge in [-0.05, 0) is 0 Å². The van der Waals surface area contributed by atoms with Gasteiger partial charge in [-0.2, -0.15) is 17.5 Å². The summed E-state index contributed by atoms with van der Waals surface area (Å²) in [6.45, 7) is 0.796. The molecular formula is C11H14F3N3O4S. The number of rotatable bonds is 5. The predicted molar refractivity (Wildman–Crippen MR) is 71.9 cm³/mol. The number of sulfonamides is 1. The lowest BCUT2D eigenvalue weighted by molar-refractivity contribution is -0.135. The molecule has 1 heterocycles. The van der Waals surface area contributed by atoms with E-state index in [1.54, 1.807) is 0 Å². The third-order valence-corrected chi connectivity index (χ3v) is 4.52. The molecule has 1 rings (SSSR count). The maximum atomic E-state index is 12.5. The van der Waals surface area contributed by atoms with E-state index in [-0.39, 0.29) is 4.31 Å². The topological polar surface area (TPSA) is 81.4 Å². The van der Waals surface area contributed by atoms with Crippen molar-refractivity contribution in [3.05, 3.63) is 39.7 Å². The number of halogens is 3. The standard InChI is InChI=1S/C11H14F3N3O4S/c1-4-5-17(7-11(12,13)14)22(20,21)8-6-15(2)10(19)16(3)9(8)18/h4,6H,1,5,7H2,2-3H3. The van der Waals surface area contributed by atoms with E-state index in [0.29, 0.717) is 10.8 Å². The Kier molecular flexibility index (Phi) is 5.03. The van der Waals surface area contributed by atoms with Crippen molar-refractivity contribution in [3.8, 4) is 0 Å². The molecule has 0 aliphatic rings. The molecule has 0 amide bonds. The van der Waals surface area contributed by atoms with Crippen LogP contribution in [0, 0.1) is 0 Å². The van der Waals surface area contributed by atoms with E-state index in [9.17, 15) is 31.2 Å². The van der Waals surface area contributed by atoms with Crippen LogP contribution in [-0.2, 0) is 24.1 Å². The van der Waals surface area contributed by atoms with E-state index in [1.807, 2.05) is 0 Å². The van der Waals surface area contributed by atoms with Crippen LogP contribution in [0.5, 0.6) is 0 Å². The molecule has 22 heavy (non-hydrogen) atoms. The van der Waals surface area contributed by atoms with E-state index in [1.165, 1.54) is 7.05 Å². The molecule has 0 aliphatic heterocycles. The lowest BCUT2D eigenvalue weighted by atomic mass is 10.5. The van der Waals surface area contributed by atoms with Crippen molar-refractivity contribution in [3.63, 3.8) is 0 Å². The van der Waals surface area contributed by atoms with Crippen LogP contribution in [0.2, 0.25) is 0 Å². The molecule has 0 fully saturated rings. The highest BCUT2D eigenvalue weighted by molar-refractivity contribution is 7.89. The fourth-order valence-corrected chi connectivity index (χ4v) is 3.23. The van der Waals surface area contributed by atoms with E-state index < -0.39 is 45.4 Å². The minimum Gasteiger partial charge on any atom is -0.302 e. The van der Waals surface area contributed by atoms with E-state index in [2.05, 4.69) is 6.58 Å². The Morgan fingerprint density at radius 1 is 1.32 bits per heavy atom. The molecule has 11 heteroatoms. The Balaban J connectivity index is 3.54. The van der Waals surface area contributed by atoms with Crippen molar-refractivity contribution < 1.29 is 21.6 Å². The van der Waals surface area contributed by atoms with Crippen LogP contribution in [0.4, 0.5) is 13.2 Å². The zero-order valence-electron chi connectivity index (χ0n) is 11.8. The van der Waals surface area contributed by atoms with E-state index in [4.69, 9.17) is 0 Å². The summed E-state index contributed by atoms with van der Waals surface area (Å²) < 4.78 is 63.5. The third-order valence-electron chi connectivity index (χ3n) is 2.72. The van der Waals surface area contributed by atoms with Gasteiger partial charge in [0.2, 0.25) is 0 Å². The minimum absolute atomic E-state index is 0.0706. The first-order valence-corrected chi connectivity index (χ1v) is 7.30. The van der Waals surface area contributed by atoms with Crippen LogP contribution in [0.3, 0.4) is 0 Å². The van der Waals surface area contributed by atoms with Crippen molar-refractivity contribution in [2.75, 3.05) is 13.1 Å². The van der Waals surface area contributed by atoms with Gasteiger partial charge in [-0.25, -0.2) is 13.2 Å². The Morgan fingerprint density at radius 2 is 1.86 bits per heavy atom. The quantitative estimate of drug-likeness (QED) is 0.696. The summed E-state index contributed by atoms with van der Waals surface area (Å²) in [5, 5.41) is 0. The highest BCUT2D eigenvalue weighted by Gasteiger charge is 2.38. The summed E-state index contributed by atoms with van der Waals surface area (Å²) in [6, 6.07) is 0. The van der Waals surface area contributed by atoms with Crippen LogP contribution in [0.1, 0.15) is 0 Å². The van der Waals surface area contributed by atoms with E-state index >= 15 is 0 Å². The number of nitrogens with zero attached hydrogens (tertiary/aromatic N) is 3. The SMILES string of the molecule is C=CCN(CC(F)(F)F)S(=O)(=O)c1cn(C)c(=O)n(C)c1=O. The Bertz CT molecular complexity index is 792. The molecule has 0 aromatic carbocycles. The summed E-state index contributed by atoms with van der Waals surface area (Å²) in [6.07, 6.45) is -3.12. The smallest absolute Gasteiger partial charge is 0.302 e. The third kappa shape index (κ3) is 3.65. The van der Waals surface area contributed by atoms with E-state index in [0.717, 1.165) is 17.7 Å². The highest BCUT2D eigenvalue weighted by Crippen LogP contribution is 2.20. The highest BCUT2D eigenvalue weighted by atomic mass is 32.2. The van der Waals surface area contributed by atoms with Crippen molar-refractivity contribution in [2.45, 2.75) is 11.1 Å².